The zero-order valence-corrected chi connectivity index (χ0v) is 18.5. The molecule has 5 heteroatoms. The molecule has 0 bridgehead atoms. The van der Waals surface area contributed by atoms with Crippen molar-refractivity contribution in [1.82, 2.24) is 4.98 Å². The van der Waals surface area contributed by atoms with Crippen molar-refractivity contribution in [2.24, 2.45) is 0 Å². The summed E-state index contributed by atoms with van der Waals surface area (Å²) in [6, 6.07) is 22.3. The Morgan fingerprint density at radius 1 is 1.03 bits per heavy atom. The average molecular weight is 428 g/mol. The van der Waals surface area contributed by atoms with Gasteiger partial charge in [-0.1, -0.05) is 49.7 Å². The summed E-state index contributed by atoms with van der Waals surface area (Å²) in [5.74, 6) is 0.647. The van der Waals surface area contributed by atoms with Crippen LogP contribution in [0.1, 0.15) is 42.1 Å². The molecule has 4 nitrogen and oxygen atoms in total. The maximum absolute atomic E-state index is 13.4. The Labute approximate surface area is 187 Å². The zero-order valence-electron chi connectivity index (χ0n) is 17.7. The third-order valence-electron chi connectivity index (χ3n) is 5.48. The van der Waals surface area contributed by atoms with Crippen molar-refractivity contribution < 1.29 is 4.79 Å². The molecule has 0 fully saturated rings. The van der Waals surface area contributed by atoms with Crippen LogP contribution < -0.4 is 4.90 Å². The van der Waals surface area contributed by atoms with Crippen molar-refractivity contribution >= 4 is 29.0 Å². The predicted molar refractivity (Wildman–Crippen MR) is 126 cm³/mol. The first kappa shape index (κ1) is 21.1. The number of hydrogen-bond donors (Lipinski definition) is 0. The van der Waals surface area contributed by atoms with Gasteiger partial charge in [0, 0.05) is 17.9 Å². The number of para-hydroxylation sites is 2. The molecule has 0 radical (unpaired) electrons. The standard InChI is InChI=1S/C26H25N3OS/c1-2-7-22-15-14-21(18-27)26(28-22)31-17-16-25(30)29-23-10-5-3-8-19(23)12-13-20-9-4-6-11-24(20)29/h3-6,8-11,14-15H,2,7,12-13,16-17H2,1H3. The van der Waals surface area contributed by atoms with Gasteiger partial charge < -0.3 is 0 Å². The fourth-order valence-corrected chi connectivity index (χ4v) is 4.89. The van der Waals surface area contributed by atoms with Gasteiger partial charge in [-0.05, 0) is 54.7 Å². The highest BCUT2D eigenvalue weighted by Gasteiger charge is 2.25. The van der Waals surface area contributed by atoms with E-state index in [4.69, 9.17) is 0 Å². The number of hydrogen-bond acceptors (Lipinski definition) is 4. The normalized spacial score (nSPS) is 12.5. The minimum absolute atomic E-state index is 0.0671. The number of nitriles is 1. The average Bonchev–Trinajstić information content (AvgIpc) is 2.96. The lowest BCUT2D eigenvalue weighted by Crippen LogP contribution is -2.27. The van der Waals surface area contributed by atoms with Gasteiger partial charge in [-0.2, -0.15) is 5.26 Å². The first-order chi connectivity index (χ1) is 15.2. The highest BCUT2D eigenvalue weighted by molar-refractivity contribution is 7.99. The van der Waals surface area contributed by atoms with Crippen molar-refractivity contribution in [3.8, 4) is 6.07 Å². The van der Waals surface area contributed by atoms with Gasteiger partial charge >= 0.3 is 0 Å². The summed E-state index contributed by atoms with van der Waals surface area (Å²) in [6.45, 7) is 2.11. The van der Waals surface area contributed by atoms with Crippen molar-refractivity contribution in [3.05, 3.63) is 83.0 Å². The molecule has 0 unspecified atom stereocenters. The highest BCUT2D eigenvalue weighted by atomic mass is 32.2. The smallest absolute Gasteiger partial charge is 0.232 e. The molecule has 156 valence electrons. The second kappa shape index (κ2) is 9.80. The van der Waals surface area contributed by atoms with E-state index in [1.165, 1.54) is 22.9 Å². The topological polar surface area (TPSA) is 57.0 Å². The molecule has 4 rings (SSSR count). The summed E-state index contributed by atoms with van der Waals surface area (Å²) in [4.78, 5) is 19.9. The van der Waals surface area contributed by atoms with E-state index in [0.717, 1.165) is 47.8 Å². The van der Waals surface area contributed by atoms with Crippen LogP contribution in [0, 0.1) is 11.3 Å². The quantitative estimate of drug-likeness (QED) is 0.463. The molecule has 3 aromatic rings. The number of carbonyl (C=O) groups is 1. The molecule has 2 aromatic carbocycles. The number of pyridine rings is 1. The minimum Gasteiger partial charge on any atom is -0.280 e. The van der Waals surface area contributed by atoms with Gasteiger partial charge in [0.15, 0.2) is 0 Å². The molecule has 0 spiro atoms. The first-order valence-electron chi connectivity index (χ1n) is 10.7. The summed E-state index contributed by atoms with van der Waals surface area (Å²) >= 11 is 1.49. The number of thioether (sulfide) groups is 1. The monoisotopic (exact) mass is 427 g/mol. The summed E-state index contributed by atoms with van der Waals surface area (Å²) in [7, 11) is 0. The van der Waals surface area contributed by atoms with Crippen LogP contribution in [0.5, 0.6) is 0 Å². The summed E-state index contributed by atoms with van der Waals surface area (Å²) < 4.78 is 0. The number of aryl methyl sites for hydroxylation is 3. The van der Waals surface area contributed by atoms with E-state index >= 15 is 0 Å². The summed E-state index contributed by atoms with van der Waals surface area (Å²) in [5.41, 5.74) is 5.90. The summed E-state index contributed by atoms with van der Waals surface area (Å²) in [5, 5.41) is 10.1. The number of benzene rings is 2. The molecule has 0 saturated carbocycles. The Hall–Kier alpha value is -3.10. The Balaban J connectivity index is 1.55. The number of rotatable bonds is 6. The van der Waals surface area contributed by atoms with Gasteiger partial charge in [-0.3, -0.25) is 9.69 Å². The maximum Gasteiger partial charge on any atom is 0.232 e. The molecule has 1 aliphatic rings. The van der Waals surface area contributed by atoms with Crippen LogP contribution >= 0.6 is 11.8 Å². The fraction of sp³-hybridized carbons (Fsp3) is 0.269. The second-order valence-electron chi connectivity index (χ2n) is 7.60. The molecular weight excluding hydrogens is 402 g/mol. The van der Waals surface area contributed by atoms with Gasteiger partial charge in [-0.25, -0.2) is 4.98 Å². The van der Waals surface area contributed by atoms with Crippen LogP contribution in [0.3, 0.4) is 0 Å². The van der Waals surface area contributed by atoms with Gasteiger partial charge in [-0.15, -0.1) is 11.8 Å². The number of carbonyl (C=O) groups excluding carboxylic acids is 1. The van der Waals surface area contributed by atoms with E-state index in [9.17, 15) is 10.1 Å². The molecule has 0 aliphatic carbocycles. The molecule has 1 amide bonds. The minimum atomic E-state index is 0.0671. The molecule has 0 atom stereocenters. The van der Waals surface area contributed by atoms with Crippen LogP contribution in [0.2, 0.25) is 0 Å². The fourth-order valence-electron chi connectivity index (χ4n) is 3.96. The van der Waals surface area contributed by atoms with E-state index in [2.05, 4.69) is 30.1 Å². The van der Waals surface area contributed by atoms with Crippen molar-refractivity contribution in [3.63, 3.8) is 0 Å². The van der Waals surface area contributed by atoms with Crippen molar-refractivity contribution in [2.45, 2.75) is 44.1 Å². The van der Waals surface area contributed by atoms with Crippen LogP contribution in [0.15, 0.2) is 65.7 Å². The third-order valence-corrected chi connectivity index (χ3v) is 6.47. The first-order valence-corrected chi connectivity index (χ1v) is 11.7. The van der Waals surface area contributed by atoms with E-state index < -0.39 is 0 Å². The van der Waals surface area contributed by atoms with Gasteiger partial charge in [0.05, 0.1) is 16.9 Å². The van der Waals surface area contributed by atoms with Crippen LogP contribution in [-0.2, 0) is 24.1 Å². The molecule has 1 aliphatic heterocycles. The molecule has 2 heterocycles. The second-order valence-corrected chi connectivity index (χ2v) is 8.69. The summed E-state index contributed by atoms with van der Waals surface area (Å²) in [6.07, 6.45) is 4.11. The van der Waals surface area contributed by atoms with Gasteiger partial charge in [0.25, 0.3) is 0 Å². The van der Waals surface area contributed by atoms with Crippen LogP contribution in [0.25, 0.3) is 0 Å². The largest absolute Gasteiger partial charge is 0.280 e. The Bertz CT molecular complexity index is 1090. The predicted octanol–water partition coefficient (Wildman–Crippen LogP) is 5.85. The number of aromatic nitrogens is 1. The van der Waals surface area contributed by atoms with E-state index in [0.29, 0.717) is 17.7 Å². The number of amides is 1. The lowest BCUT2D eigenvalue weighted by molar-refractivity contribution is -0.117. The SMILES string of the molecule is CCCc1ccc(C#N)c(SCCC(=O)N2c3ccccc3CCc3ccccc32)n1. The zero-order chi connectivity index (χ0) is 21.6. The third kappa shape index (κ3) is 4.65. The number of anilines is 2. The molecule has 31 heavy (non-hydrogen) atoms. The van der Waals surface area contributed by atoms with E-state index in [1.54, 1.807) is 0 Å². The molecule has 1 aromatic heterocycles. The maximum atomic E-state index is 13.4. The van der Waals surface area contributed by atoms with Gasteiger partial charge in [0.2, 0.25) is 5.91 Å². The number of nitrogens with zero attached hydrogens (tertiary/aromatic N) is 3. The van der Waals surface area contributed by atoms with Gasteiger partial charge in [0.1, 0.15) is 11.1 Å². The Morgan fingerprint density at radius 3 is 2.29 bits per heavy atom. The lowest BCUT2D eigenvalue weighted by Gasteiger charge is -2.25. The van der Waals surface area contributed by atoms with Crippen molar-refractivity contribution in [2.75, 3.05) is 10.7 Å². The Kier molecular flexibility index (Phi) is 6.69. The van der Waals surface area contributed by atoms with Crippen LogP contribution in [-0.4, -0.2) is 16.6 Å². The lowest BCUT2D eigenvalue weighted by atomic mass is 10.0. The highest BCUT2D eigenvalue weighted by Crippen LogP contribution is 2.36. The molecule has 0 N–H and O–H groups in total. The van der Waals surface area contributed by atoms with E-state index in [-0.39, 0.29) is 5.91 Å². The van der Waals surface area contributed by atoms with E-state index in [1.807, 2.05) is 53.4 Å². The number of fused-ring (bicyclic) bond motifs is 2. The van der Waals surface area contributed by atoms with Crippen molar-refractivity contribution in [1.29, 1.82) is 5.26 Å². The Morgan fingerprint density at radius 2 is 1.68 bits per heavy atom. The van der Waals surface area contributed by atoms with Crippen LogP contribution in [0.4, 0.5) is 11.4 Å². The molecular formula is C26H25N3OS. The molecule has 0 saturated heterocycles.